The fourth-order valence-electron chi connectivity index (χ4n) is 2.39. The Morgan fingerprint density at radius 2 is 1.55 bits per heavy atom. The molecule has 0 aliphatic rings. The molecule has 0 aliphatic heterocycles. The molecule has 1 atom stereocenters. The second kappa shape index (κ2) is 11.3. The molecule has 1 rings (SSSR count). The molecule has 0 spiro atoms. The standard InChI is InChI=1S/C18H28N2/c1-2-3-4-5-6-7-8-10-15-18(16-19)20-17-13-11-9-12-14-17/h9,11-14,18,20H,2-8,10,15H2,1H3. The summed E-state index contributed by atoms with van der Waals surface area (Å²) in [6.07, 6.45) is 11.4. The quantitative estimate of drug-likeness (QED) is 0.538. The van der Waals surface area contributed by atoms with Crippen molar-refractivity contribution in [3.63, 3.8) is 0 Å². The Kier molecular flexibility index (Phi) is 9.40. The fraction of sp³-hybridized carbons (Fsp3) is 0.611. The number of hydrogen-bond donors (Lipinski definition) is 1. The molecule has 1 aromatic rings. The lowest BCUT2D eigenvalue weighted by atomic mass is 10.0. The van der Waals surface area contributed by atoms with Gasteiger partial charge in [-0.1, -0.05) is 76.5 Å². The van der Waals surface area contributed by atoms with Gasteiger partial charge in [-0.2, -0.15) is 5.26 Å². The molecule has 0 aromatic heterocycles. The minimum Gasteiger partial charge on any atom is -0.370 e. The predicted octanol–water partition coefficient (Wildman–Crippen LogP) is 5.52. The van der Waals surface area contributed by atoms with Crippen molar-refractivity contribution in [2.45, 2.75) is 70.8 Å². The van der Waals surface area contributed by atoms with Crippen LogP contribution < -0.4 is 5.32 Å². The van der Waals surface area contributed by atoms with Gasteiger partial charge in [0.25, 0.3) is 0 Å². The Balaban J connectivity index is 2.06. The van der Waals surface area contributed by atoms with E-state index in [4.69, 9.17) is 0 Å². The summed E-state index contributed by atoms with van der Waals surface area (Å²) in [4.78, 5) is 0. The minimum atomic E-state index is -0.0579. The van der Waals surface area contributed by atoms with E-state index >= 15 is 0 Å². The second-order valence-electron chi connectivity index (χ2n) is 5.46. The number of nitriles is 1. The van der Waals surface area contributed by atoms with E-state index in [0.29, 0.717) is 0 Å². The first-order chi connectivity index (χ1) is 9.86. The molecule has 0 saturated carbocycles. The molecular formula is C18H28N2. The zero-order valence-electron chi connectivity index (χ0n) is 12.8. The summed E-state index contributed by atoms with van der Waals surface area (Å²) in [7, 11) is 0. The Morgan fingerprint density at radius 3 is 2.15 bits per heavy atom. The summed E-state index contributed by atoms with van der Waals surface area (Å²) >= 11 is 0. The molecule has 1 N–H and O–H groups in total. The van der Waals surface area contributed by atoms with Gasteiger partial charge in [-0.05, 0) is 18.6 Å². The van der Waals surface area contributed by atoms with Crippen molar-refractivity contribution in [1.29, 1.82) is 5.26 Å². The summed E-state index contributed by atoms with van der Waals surface area (Å²) in [5.74, 6) is 0. The lowest BCUT2D eigenvalue weighted by Gasteiger charge is -2.12. The number of nitrogens with one attached hydrogen (secondary N) is 1. The van der Waals surface area contributed by atoms with Crippen LogP contribution in [0.4, 0.5) is 5.69 Å². The normalized spacial score (nSPS) is 11.8. The van der Waals surface area contributed by atoms with E-state index in [-0.39, 0.29) is 6.04 Å². The average molecular weight is 272 g/mol. The summed E-state index contributed by atoms with van der Waals surface area (Å²) < 4.78 is 0. The molecule has 0 heterocycles. The van der Waals surface area contributed by atoms with Crippen LogP contribution in [0.25, 0.3) is 0 Å². The van der Waals surface area contributed by atoms with Crippen LogP contribution in [0.2, 0.25) is 0 Å². The van der Waals surface area contributed by atoms with Gasteiger partial charge in [0.05, 0.1) is 6.07 Å². The van der Waals surface area contributed by atoms with Gasteiger partial charge in [0.15, 0.2) is 0 Å². The van der Waals surface area contributed by atoms with E-state index in [2.05, 4.69) is 18.3 Å². The van der Waals surface area contributed by atoms with Crippen molar-refractivity contribution in [3.8, 4) is 6.07 Å². The van der Waals surface area contributed by atoms with Crippen LogP contribution >= 0.6 is 0 Å². The van der Waals surface area contributed by atoms with Gasteiger partial charge in [0.1, 0.15) is 6.04 Å². The van der Waals surface area contributed by atoms with E-state index in [1.165, 1.54) is 44.9 Å². The molecule has 0 fully saturated rings. The molecule has 2 heteroatoms. The molecular weight excluding hydrogens is 244 g/mol. The first kappa shape index (κ1) is 16.6. The molecule has 0 saturated heterocycles. The smallest absolute Gasteiger partial charge is 0.114 e. The monoisotopic (exact) mass is 272 g/mol. The first-order valence-electron chi connectivity index (χ1n) is 8.08. The minimum absolute atomic E-state index is 0.0579. The van der Waals surface area contributed by atoms with Gasteiger partial charge < -0.3 is 5.32 Å². The Morgan fingerprint density at radius 1 is 0.950 bits per heavy atom. The summed E-state index contributed by atoms with van der Waals surface area (Å²) in [6, 6.07) is 12.3. The van der Waals surface area contributed by atoms with E-state index in [0.717, 1.165) is 18.5 Å². The van der Waals surface area contributed by atoms with Gasteiger partial charge in [-0.15, -0.1) is 0 Å². The molecule has 0 bridgehead atoms. The second-order valence-corrected chi connectivity index (χ2v) is 5.46. The van der Waals surface area contributed by atoms with E-state index in [1.54, 1.807) is 0 Å². The van der Waals surface area contributed by atoms with E-state index < -0.39 is 0 Å². The van der Waals surface area contributed by atoms with Crippen molar-refractivity contribution < 1.29 is 0 Å². The highest BCUT2D eigenvalue weighted by molar-refractivity contribution is 5.44. The van der Waals surface area contributed by atoms with Crippen LogP contribution in [0.5, 0.6) is 0 Å². The highest BCUT2D eigenvalue weighted by atomic mass is 14.9. The van der Waals surface area contributed by atoms with Gasteiger partial charge in [-0.3, -0.25) is 0 Å². The average Bonchev–Trinajstić information content (AvgIpc) is 2.49. The third-order valence-electron chi connectivity index (χ3n) is 3.62. The third kappa shape index (κ3) is 7.84. The number of anilines is 1. The molecule has 1 aromatic carbocycles. The number of para-hydroxylation sites is 1. The molecule has 1 unspecified atom stereocenters. The number of rotatable bonds is 11. The summed E-state index contributed by atoms with van der Waals surface area (Å²) in [5.41, 5.74) is 1.04. The lowest BCUT2D eigenvalue weighted by molar-refractivity contribution is 0.560. The number of nitrogens with zero attached hydrogens (tertiary/aromatic N) is 1. The lowest BCUT2D eigenvalue weighted by Crippen LogP contribution is -2.16. The van der Waals surface area contributed by atoms with Gasteiger partial charge in [0, 0.05) is 5.69 Å². The largest absolute Gasteiger partial charge is 0.370 e. The SMILES string of the molecule is CCCCCCCCCCC(C#N)Nc1ccccc1. The Labute approximate surface area is 124 Å². The Bertz CT molecular complexity index is 367. The predicted molar refractivity (Wildman–Crippen MR) is 86.7 cm³/mol. The van der Waals surface area contributed by atoms with Crippen LogP contribution in [-0.2, 0) is 0 Å². The first-order valence-corrected chi connectivity index (χ1v) is 8.08. The Hall–Kier alpha value is -1.49. The van der Waals surface area contributed by atoms with Crippen LogP contribution in [0.15, 0.2) is 30.3 Å². The van der Waals surface area contributed by atoms with Crippen LogP contribution in [-0.4, -0.2) is 6.04 Å². The zero-order valence-corrected chi connectivity index (χ0v) is 12.8. The van der Waals surface area contributed by atoms with Gasteiger partial charge in [0.2, 0.25) is 0 Å². The van der Waals surface area contributed by atoms with Crippen LogP contribution in [0.1, 0.15) is 64.7 Å². The summed E-state index contributed by atoms with van der Waals surface area (Å²) in [5, 5.41) is 12.5. The maximum atomic E-state index is 9.17. The topological polar surface area (TPSA) is 35.8 Å². The molecule has 0 amide bonds. The van der Waals surface area contributed by atoms with Gasteiger partial charge >= 0.3 is 0 Å². The highest BCUT2D eigenvalue weighted by Crippen LogP contribution is 2.13. The van der Waals surface area contributed by atoms with Crippen molar-refractivity contribution in [2.24, 2.45) is 0 Å². The number of unbranched alkanes of at least 4 members (excludes halogenated alkanes) is 7. The third-order valence-corrected chi connectivity index (χ3v) is 3.62. The fourth-order valence-corrected chi connectivity index (χ4v) is 2.39. The zero-order chi connectivity index (χ0) is 14.5. The van der Waals surface area contributed by atoms with Crippen molar-refractivity contribution in [2.75, 3.05) is 5.32 Å². The van der Waals surface area contributed by atoms with Gasteiger partial charge in [-0.25, -0.2) is 0 Å². The van der Waals surface area contributed by atoms with Crippen molar-refractivity contribution in [1.82, 2.24) is 0 Å². The van der Waals surface area contributed by atoms with Crippen LogP contribution in [0, 0.1) is 11.3 Å². The van der Waals surface area contributed by atoms with Crippen molar-refractivity contribution in [3.05, 3.63) is 30.3 Å². The van der Waals surface area contributed by atoms with E-state index in [9.17, 15) is 5.26 Å². The summed E-state index contributed by atoms with van der Waals surface area (Å²) in [6.45, 7) is 2.25. The molecule has 20 heavy (non-hydrogen) atoms. The molecule has 2 nitrogen and oxygen atoms in total. The number of benzene rings is 1. The highest BCUT2D eigenvalue weighted by Gasteiger charge is 2.06. The van der Waals surface area contributed by atoms with E-state index in [1.807, 2.05) is 30.3 Å². The maximum absolute atomic E-state index is 9.17. The number of hydrogen-bond acceptors (Lipinski definition) is 2. The van der Waals surface area contributed by atoms with Crippen LogP contribution in [0.3, 0.4) is 0 Å². The molecule has 0 radical (unpaired) electrons. The maximum Gasteiger partial charge on any atom is 0.114 e. The van der Waals surface area contributed by atoms with Crippen molar-refractivity contribution >= 4 is 5.69 Å². The molecule has 0 aliphatic carbocycles. The molecule has 110 valence electrons.